The Hall–Kier alpha value is -2.47. The van der Waals surface area contributed by atoms with Crippen LogP contribution in [0.2, 0.25) is 5.02 Å². The van der Waals surface area contributed by atoms with Gasteiger partial charge in [-0.25, -0.2) is 4.79 Å². The van der Waals surface area contributed by atoms with Gasteiger partial charge in [-0.05, 0) is 23.3 Å². The van der Waals surface area contributed by atoms with Crippen molar-refractivity contribution >= 4 is 28.5 Å². The first-order chi connectivity index (χ1) is 11.7. The minimum atomic E-state index is -4.45. The molecule has 0 atom stereocenters. The number of benzene rings is 2. The van der Waals surface area contributed by atoms with E-state index in [0.717, 1.165) is 6.07 Å². The number of hydrogen-bond acceptors (Lipinski definition) is 1. The Kier molecular flexibility index (Phi) is 4.24. The molecule has 0 saturated carbocycles. The molecule has 25 heavy (non-hydrogen) atoms. The number of aromatic nitrogens is 1. The van der Waals surface area contributed by atoms with Crippen molar-refractivity contribution in [3.8, 4) is 0 Å². The normalized spacial score (nSPS) is 11.9. The highest BCUT2D eigenvalue weighted by molar-refractivity contribution is 6.34. The van der Waals surface area contributed by atoms with Crippen molar-refractivity contribution in [2.24, 2.45) is 7.05 Å². The number of carboxylic acids is 1. The summed E-state index contributed by atoms with van der Waals surface area (Å²) in [6, 6.07) is 8.65. The molecule has 0 bridgehead atoms. The Morgan fingerprint density at radius 1 is 1.16 bits per heavy atom. The molecule has 0 spiro atoms. The number of alkyl halides is 3. The summed E-state index contributed by atoms with van der Waals surface area (Å²) in [5.41, 5.74) is 0.551. The van der Waals surface area contributed by atoms with Crippen molar-refractivity contribution in [2.45, 2.75) is 12.6 Å². The third kappa shape index (κ3) is 3.09. The molecule has 2 aromatic carbocycles. The molecule has 3 rings (SSSR count). The van der Waals surface area contributed by atoms with Crippen molar-refractivity contribution in [1.82, 2.24) is 4.57 Å². The molecule has 7 heteroatoms. The number of aryl methyl sites for hydroxylation is 1. The number of carbonyl (C=O) groups is 1. The van der Waals surface area contributed by atoms with Crippen LogP contribution in [-0.4, -0.2) is 15.6 Å². The van der Waals surface area contributed by atoms with Crippen molar-refractivity contribution in [2.75, 3.05) is 0 Å². The Morgan fingerprint density at radius 3 is 2.48 bits per heavy atom. The number of carboxylic acid groups (broad SMARTS) is 1. The number of rotatable bonds is 3. The molecular weight excluding hydrogens is 355 g/mol. The quantitative estimate of drug-likeness (QED) is 0.696. The van der Waals surface area contributed by atoms with Gasteiger partial charge in [0.2, 0.25) is 0 Å². The smallest absolute Gasteiger partial charge is 0.418 e. The second-order valence-corrected chi connectivity index (χ2v) is 6.10. The minimum absolute atomic E-state index is 0.0321. The molecular formula is C18H13ClF3NO2. The standard InChI is InChI=1S/C18H13ClF3NO2/c1-23-9-11(8-10-4-2-6-13(15(10)19)17(24)25)12-5-3-7-14(16(12)23)18(20,21)22/h2-7,9H,8H2,1H3,(H,24,25). The number of hydrogen-bond donors (Lipinski definition) is 1. The van der Waals surface area contributed by atoms with Crippen LogP contribution in [-0.2, 0) is 19.6 Å². The first-order valence-electron chi connectivity index (χ1n) is 7.35. The Balaban J connectivity index is 2.13. The van der Waals surface area contributed by atoms with Crippen LogP contribution in [0, 0.1) is 0 Å². The van der Waals surface area contributed by atoms with Gasteiger partial charge >= 0.3 is 12.1 Å². The summed E-state index contributed by atoms with van der Waals surface area (Å²) < 4.78 is 41.2. The molecule has 1 heterocycles. The average Bonchev–Trinajstić information content (AvgIpc) is 2.84. The average molecular weight is 368 g/mol. The van der Waals surface area contributed by atoms with E-state index < -0.39 is 17.7 Å². The van der Waals surface area contributed by atoms with Crippen LogP contribution in [0.15, 0.2) is 42.6 Å². The number of halogens is 4. The van der Waals surface area contributed by atoms with Gasteiger partial charge in [-0.15, -0.1) is 0 Å². The summed E-state index contributed by atoms with van der Waals surface area (Å²) in [7, 11) is 1.55. The Morgan fingerprint density at radius 2 is 1.84 bits per heavy atom. The molecule has 0 amide bonds. The van der Waals surface area contributed by atoms with Crippen LogP contribution < -0.4 is 0 Å². The van der Waals surface area contributed by atoms with Gasteiger partial charge in [0.1, 0.15) is 0 Å². The molecule has 3 aromatic rings. The molecule has 3 nitrogen and oxygen atoms in total. The predicted octanol–water partition coefficient (Wildman–Crippen LogP) is 5.14. The first kappa shape index (κ1) is 17.4. The van der Waals surface area contributed by atoms with Crippen LogP contribution in [0.5, 0.6) is 0 Å². The second-order valence-electron chi connectivity index (χ2n) is 5.73. The van der Waals surface area contributed by atoms with Gasteiger partial charge in [0.05, 0.1) is 21.7 Å². The molecule has 130 valence electrons. The summed E-state index contributed by atoms with van der Waals surface area (Å²) in [5.74, 6) is -1.15. The lowest BCUT2D eigenvalue weighted by Gasteiger charge is -2.10. The van der Waals surface area contributed by atoms with Gasteiger partial charge in [0, 0.05) is 25.1 Å². The summed E-state index contributed by atoms with van der Waals surface area (Å²) in [6.45, 7) is 0. The largest absolute Gasteiger partial charge is 0.478 e. The summed E-state index contributed by atoms with van der Waals surface area (Å²) >= 11 is 6.15. The number of fused-ring (bicyclic) bond motifs is 1. The van der Waals surface area contributed by atoms with Gasteiger partial charge < -0.3 is 9.67 Å². The number of para-hydroxylation sites is 1. The maximum Gasteiger partial charge on any atom is 0.418 e. The molecule has 0 saturated heterocycles. The fourth-order valence-corrected chi connectivity index (χ4v) is 3.28. The molecule has 1 aromatic heterocycles. The van der Waals surface area contributed by atoms with E-state index in [2.05, 4.69) is 0 Å². The van der Waals surface area contributed by atoms with E-state index in [1.807, 2.05) is 0 Å². The van der Waals surface area contributed by atoms with Crippen molar-refractivity contribution < 1.29 is 23.1 Å². The lowest BCUT2D eigenvalue weighted by Crippen LogP contribution is -2.07. The molecule has 0 aliphatic rings. The third-order valence-corrected chi connectivity index (χ3v) is 4.53. The molecule has 0 aliphatic carbocycles. The van der Waals surface area contributed by atoms with E-state index in [9.17, 15) is 18.0 Å². The molecule has 0 aliphatic heterocycles. The van der Waals surface area contributed by atoms with Crippen LogP contribution in [0.1, 0.15) is 27.0 Å². The zero-order chi connectivity index (χ0) is 18.4. The van der Waals surface area contributed by atoms with Crippen molar-refractivity contribution in [3.05, 3.63) is 69.9 Å². The maximum atomic E-state index is 13.2. The van der Waals surface area contributed by atoms with Crippen molar-refractivity contribution in [3.63, 3.8) is 0 Å². The number of nitrogens with zero attached hydrogens (tertiary/aromatic N) is 1. The van der Waals surface area contributed by atoms with Gasteiger partial charge in [0.15, 0.2) is 0 Å². The highest BCUT2D eigenvalue weighted by Gasteiger charge is 2.34. The molecule has 1 N–H and O–H groups in total. The minimum Gasteiger partial charge on any atom is -0.478 e. The van der Waals surface area contributed by atoms with E-state index in [1.165, 1.54) is 16.7 Å². The molecule has 0 fully saturated rings. The van der Waals surface area contributed by atoms with E-state index in [-0.39, 0.29) is 22.5 Å². The fraction of sp³-hybridized carbons (Fsp3) is 0.167. The predicted molar refractivity (Wildman–Crippen MR) is 89.1 cm³/mol. The zero-order valence-corrected chi connectivity index (χ0v) is 13.8. The van der Waals surface area contributed by atoms with Crippen LogP contribution in [0.3, 0.4) is 0 Å². The van der Waals surface area contributed by atoms with Crippen molar-refractivity contribution in [1.29, 1.82) is 0 Å². The highest BCUT2D eigenvalue weighted by atomic mass is 35.5. The lowest BCUT2D eigenvalue weighted by atomic mass is 10.0. The zero-order valence-electron chi connectivity index (χ0n) is 13.1. The van der Waals surface area contributed by atoms with E-state index >= 15 is 0 Å². The summed E-state index contributed by atoms with van der Waals surface area (Å²) in [5, 5.41) is 9.71. The first-order valence-corrected chi connectivity index (χ1v) is 7.72. The van der Waals surface area contributed by atoms with Gasteiger partial charge in [0.25, 0.3) is 0 Å². The van der Waals surface area contributed by atoms with Crippen LogP contribution in [0.25, 0.3) is 10.9 Å². The lowest BCUT2D eigenvalue weighted by molar-refractivity contribution is -0.136. The van der Waals surface area contributed by atoms with Gasteiger partial charge in [-0.3, -0.25) is 0 Å². The molecule has 0 radical (unpaired) electrons. The topological polar surface area (TPSA) is 42.2 Å². The molecule has 0 unspecified atom stereocenters. The van der Waals surface area contributed by atoms with E-state index in [0.29, 0.717) is 16.5 Å². The Labute approximate surface area is 146 Å². The highest BCUT2D eigenvalue weighted by Crippen LogP contribution is 2.37. The fourth-order valence-electron chi connectivity index (χ4n) is 3.01. The number of aromatic carboxylic acids is 1. The summed E-state index contributed by atoms with van der Waals surface area (Å²) in [4.78, 5) is 11.2. The van der Waals surface area contributed by atoms with Gasteiger partial charge in [-0.2, -0.15) is 13.2 Å². The van der Waals surface area contributed by atoms with E-state index in [4.69, 9.17) is 16.7 Å². The monoisotopic (exact) mass is 367 g/mol. The van der Waals surface area contributed by atoms with Gasteiger partial charge in [-0.1, -0.05) is 35.9 Å². The van der Waals surface area contributed by atoms with Crippen LogP contribution >= 0.6 is 11.6 Å². The SMILES string of the molecule is Cn1cc(Cc2cccc(C(=O)O)c2Cl)c2cccc(C(F)(F)F)c21. The third-order valence-electron chi connectivity index (χ3n) is 4.08. The Bertz CT molecular complexity index is 976. The van der Waals surface area contributed by atoms with E-state index in [1.54, 1.807) is 31.4 Å². The van der Waals surface area contributed by atoms with Crippen LogP contribution in [0.4, 0.5) is 13.2 Å². The second kappa shape index (κ2) is 6.11. The maximum absolute atomic E-state index is 13.2. The summed E-state index contributed by atoms with van der Waals surface area (Å²) in [6.07, 6.45) is -2.61.